The molecule has 1 aliphatic carbocycles. The summed E-state index contributed by atoms with van der Waals surface area (Å²) in [6.45, 7) is 5.56. The molecule has 1 saturated carbocycles. The summed E-state index contributed by atoms with van der Waals surface area (Å²) in [4.78, 5) is 26.3. The minimum Gasteiger partial charge on any atom is -0.481 e. The maximum Gasteiger partial charge on any atom is 0.310 e. The number of carboxylic acids is 1. The molecule has 120 valence electrons. The minimum atomic E-state index is -0.859. The van der Waals surface area contributed by atoms with Crippen LogP contribution in [0.1, 0.15) is 58.8 Å². The first kappa shape index (κ1) is 16.3. The van der Waals surface area contributed by atoms with Crippen LogP contribution in [0.5, 0.6) is 0 Å². The molecule has 2 fully saturated rings. The predicted molar refractivity (Wildman–Crippen MR) is 79.0 cm³/mol. The summed E-state index contributed by atoms with van der Waals surface area (Å²) in [6, 6.07) is 0. The maximum atomic E-state index is 12.7. The van der Waals surface area contributed by atoms with Crippen molar-refractivity contribution in [1.29, 1.82) is 0 Å². The zero-order valence-corrected chi connectivity index (χ0v) is 13.2. The Morgan fingerprint density at radius 1 is 1.14 bits per heavy atom. The third kappa shape index (κ3) is 3.57. The number of carbonyl (C=O) groups is 2. The second-order valence-electron chi connectivity index (χ2n) is 7.09. The van der Waals surface area contributed by atoms with Crippen LogP contribution in [0, 0.1) is 5.41 Å². The Morgan fingerprint density at radius 2 is 1.76 bits per heavy atom. The molecule has 0 aromatic rings. The average molecular weight is 297 g/mol. The number of carbonyl (C=O) groups excluding carboxylic acids is 1. The quantitative estimate of drug-likeness (QED) is 0.813. The summed E-state index contributed by atoms with van der Waals surface area (Å²) in [6.07, 6.45) is 5.35. The number of rotatable bonds is 3. The molecule has 5 nitrogen and oxygen atoms in total. The Bertz CT molecular complexity index is 397. The molecule has 0 aromatic carbocycles. The van der Waals surface area contributed by atoms with Crippen LogP contribution in [-0.4, -0.2) is 47.2 Å². The molecule has 0 unspecified atom stereocenters. The van der Waals surface area contributed by atoms with Crippen molar-refractivity contribution < 1.29 is 19.4 Å². The Balaban J connectivity index is 2.12. The molecule has 21 heavy (non-hydrogen) atoms. The summed E-state index contributed by atoms with van der Waals surface area (Å²) in [7, 11) is 0. The number of morpholine rings is 1. The van der Waals surface area contributed by atoms with Crippen molar-refractivity contribution in [2.45, 2.75) is 64.3 Å². The monoisotopic (exact) mass is 297 g/mol. The SMILES string of the molecule is CC1(C)COCCN1C(=O)CC1(C(=O)O)CCCCCC1. The van der Waals surface area contributed by atoms with Crippen molar-refractivity contribution in [3.63, 3.8) is 0 Å². The van der Waals surface area contributed by atoms with E-state index >= 15 is 0 Å². The van der Waals surface area contributed by atoms with Crippen LogP contribution in [0.2, 0.25) is 0 Å². The molecule has 0 spiro atoms. The maximum absolute atomic E-state index is 12.7. The van der Waals surface area contributed by atoms with E-state index in [0.717, 1.165) is 25.7 Å². The fourth-order valence-electron chi connectivity index (χ4n) is 3.58. The van der Waals surface area contributed by atoms with Crippen LogP contribution in [0.3, 0.4) is 0 Å². The van der Waals surface area contributed by atoms with Gasteiger partial charge in [0.05, 0.1) is 24.2 Å². The lowest BCUT2D eigenvalue weighted by molar-refractivity contribution is -0.159. The molecule has 1 heterocycles. The van der Waals surface area contributed by atoms with E-state index in [1.165, 1.54) is 0 Å². The largest absolute Gasteiger partial charge is 0.481 e. The molecule has 1 amide bonds. The summed E-state index contributed by atoms with van der Waals surface area (Å²) >= 11 is 0. The van der Waals surface area contributed by atoms with E-state index in [1.807, 2.05) is 18.7 Å². The molecule has 0 aromatic heterocycles. The highest BCUT2D eigenvalue weighted by Crippen LogP contribution is 2.39. The van der Waals surface area contributed by atoms with Crippen molar-refractivity contribution >= 4 is 11.9 Å². The van der Waals surface area contributed by atoms with Crippen molar-refractivity contribution in [2.24, 2.45) is 5.41 Å². The van der Waals surface area contributed by atoms with Gasteiger partial charge in [-0.1, -0.05) is 25.7 Å². The number of nitrogens with zero attached hydrogens (tertiary/aromatic N) is 1. The first-order valence-corrected chi connectivity index (χ1v) is 7.99. The molecule has 0 radical (unpaired) electrons. The second kappa shape index (κ2) is 6.34. The van der Waals surface area contributed by atoms with Gasteiger partial charge < -0.3 is 14.7 Å². The van der Waals surface area contributed by atoms with Crippen LogP contribution in [-0.2, 0) is 14.3 Å². The van der Waals surface area contributed by atoms with Crippen LogP contribution in [0.4, 0.5) is 0 Å². The molecule has 2 rings (SSSR count). The van der Waals surface area contributed by atoms with E-state index in [2.05, 4.69) is 0 Å². The van der Waals surface area contributed by atoms with Crippen molar-refractivity contribution in [2.75, 3.05) is 19.8 Å². The number of hydrogen-bond donors (Lipinski definition) is 1. The third-order valence-corrected chi connectivity index (χ3v) is 4.95. The van der Waals surface area contributed by atoms with Gasteiger partial charge in [-0.2, -0.15) is 0 Å². The lowest BCUT2D eigenvalue weighted by Crippen LogP contribution is -2.56. The van der Waals surface area contributed by atoms with Gasteiger partial charge in [-0.15, -0.1) is 0 Å². The van der Waals surface area contributed by atoms with Crippen molar-refractivity contribution in [1.82, 2.24) is 4.90 Å². The highest BCUT2D eigenvalue weighted by molar-refractivity contribution is 5.85. The van der Waals surface area contributed by atoms with E-state index in [4.69, 9.17) is 4.74 Å². The lowest BCUT2D eigenvalue weighted by Gasteiger charge is -2.43. The zero-order chi connectivity index (χ0) is 15.5. The Hall–Kier alpha value is -1.10. The number of aliphatic carboxylic acids is 1. The Labute approximate surface area is 126 Å². The van der Waals surface area contributed by atoms with Gasteiger partial charge in [0.15, 0.2) is 0 Å². The van der Waals surface area contributed by atoms with Crippen molar-refractivity contribution in [3.05, 3.63) is 0 Å². The van der Waals surface area contributed by atoms with Gasteiger partial charge in [-0.25, -0.2) is 0 Å². The van der Waals surface area contributed by atoms with Crippen molar-refractivity contribution in [3.8, 4) is 0 Å². The molecular formula is C16H27NO4. The lowest BCUT2D eigenvalue weighted by atomic mass is 9.76. The highest BCUT2D eigenvalue weighted by Gasteiger charge is 2.44. The van der Waals surface area contributed by atoms with Gasteiger partial charge >= 0.3 is 5.97 Å². The number of hydrogen-bond acceptors (Lipinski definition) is 3. The predicted octanol–water partition coefficient (Wildman–Crippen LogP) is 2.44. The molecule has 0 bridgehead atoms. The van der Waals surface area contributed by atoms with Crippen LogP contribution >= 0.6 is 0 Å². The van der Waals surface area contributed by atoms with E-state index in [0.29, 0.717) is 32.6 Å². The van der Waals surface area contributed by atoms with Gasteiger partial charge in [0.1, 0.15) is 0 Å². The van der Waals surface area contributed by atoms with E-state index in [9.17, 15) is 14.7 Å². The Morgan fingerprint density at radius 3 is 2.29 bits per heavy atom. The zero-order valence-electron chi connectivity index (χ0n) is 13.2. The standard InChI is InChI=1S/C16H27NO4/c1-15(2)12-21-10-9-17(15)13(18)11-16(14(19)20)7-5-3-4-6-8-16/h3-12H2,1-2H3,(H,19,20). The smallest absolute Gasteiger partial charge is 0.310 e. The van der Waals surface area contributed by atoms with Gasteiger partial charge in [0.25, 0.3) is 0 Å². The van der Waals surface area contributed by atoms with Gasteiger partial charge in [-0.05, 0) is 26.7 Å². The molecule has 5 heteroatoms. The summed E-state index contributed by atoms with van der Waals surface area (Å²) < 4.78 is 5.44. The fourth-order valence-corrected chi connectivity index (χ4v) is 3.58. The molecule has 1 aliphatic heterocycles. The number of ether oxygens (including phenoxy) is 1. The normalized spacial score (nSPS) is 25.1. The molecular weight excluding hydrogens is 270 g/mol. The second-order valence-corrected chi connectivity index (χ2v) is 7.09. The first-order chi connectivity index (χ1) is 9.87. The summed E-state index contributed by atoms with van der Waals surface area (Å²) in [5.41, 5.74) is -1.21. The first-order valence-electron chi connectivity index (χ1n) is 7.99. The topological polar surface area (TPSA) is 66.8 Å². The van der Waals surface area contributed by atoms with Gasteiger partial charge in [0.2, 0.25) is 5.91 Å². The van der Waals surface area contributed by atoms with Crippen LogP contribution in [0.15, 0.2) is 0 Å². The highest BCUT2D eigenvalue weighted by atomic mass is 16.5. The molecule has 2 aliphatic rings. The number of carboxylic acid groups (broad SMARTS) is 1. The fraction of sp³-hybridized carbons (Fsp3) is 0.875. The van der Waals surface area contributed by atoms with Crippen LogP contribution < -0.4 is 0 Å². The van der Waals surface area contributed by atoms with E-state index in [1.54, 1.807) is 0 Å². The van der Waals surface area contributed by atoms with E-state index in [-0.39, 0.29) is 17.9 Å². The average Bonchev–Trinajstić information content (AvgIpc) is 2.64. The van der Waals surface area contributed by atoms with E-state index < -0.39 is 11.4 Å². The molecule has 0 atom stereocenters. The third-order valence-electron chi connectivity index (χ3n) is 4.95. The van der Waals surface area contributed by atoms with Crippen LogP contribution in [0.25, 0.3) is 0 Å². The van der Waals surface area contributed by atoms with Gasteiger partial charge in [0, 0.05) is 13.0 Å². The molecule has 1 saturated heterocycles. The minimum absolute atomic E-state index is 0.0346. The summed E-state index contributed by atoms with van der Waals surface area (Å²) in [5, 5.41) is 9.70. The Kier molecular flexibility index (Phi) is 4.91. The van der Waals surface area contributed by atoms with Gasteiger partial charge in [-0.3, -0.25) is 9.59 Å². The molecule has 1 N–H and O–H groups in total. The summed E-state index contributed by atoms with van der Waals surface area (Å²) in [5.74, 6) is -0.837. The number of amides is 1.